The van der Waals surface area contributed by atoms with E-state index in [2.05, 4.69) is 12.3 Å². The summed E-state index contributed by atoms with van der Waals surface area (Å²) in [5.74, 6) is 0.412. The van der Waals surface area contributed by atoms with Crippen LogP contribution >= 0.6 is 35.6 Å². The Hall–Kier alpha value is -2.55. The average molecular weight is 505 g/mol. The van der Waals surface area contributed by atoms with Crippen LogP contribution in [0.3, 0.4) is 0 Å². The van der Waals surface area contributed by atoms with Crippen LogP contribution < -0.4 is 14.9 Å². The molecular weight excluding hydrogens is 480 g/mol. The van der Waals surface area contributed by atoms with Gasteiger partial charge in [0.2, 0.25) is 0 Å². The van der Waals surface area contributed by atoms with Crippen LogP contribution in [0.1, 0.15) is 49.0 Å². The SMILES string of the molecule is CCCCCOc1ccc(/C=C2\SC(=S)N(NC(=O)c3cccc(Cl)c3)C2=O)cc1OCC. The lowest BCUT2D eigenvalue weighted by atomic mass is 10.2. The highest BCUT2D eigenvalue weighted by Gasteiger charge is 2.33. The zero-order valence-corrected chi connectivity index (χ0v) is 20.8. The van der Waals surface area contributed by atoms with E-state index in [9.17, 15) is 9.59 Å². The molecule has 0 bridgehead atoms. The number of thiocarbonyl (C=S) groups is 1. The van der Waals surface area contributed by atoms with Gasteiger partial charge >= 0.3 is 0 Å². The number of halogens is 1. The lowest BCUT2D eigenvalue weighted by Crippen LogP contribution is -2.44. The Morgan fingerprint density at radius 3 is 2.70 bits per heavy atom. The van der Waals surface area contributed by atoms with E-state index in [4.69, 9.17) is 33.3 Å². The molecule has 2 amide bonds. The molecule has 0 unspecified atom stereocenters. The molecule has 6 nitrogen and oxygen atoms in total. The van der Waals surface area contributed by atoms with Crippen molar-refractivity contribution in [1.29, 1.82) is 0 Å². The van der Waals surface area contributed by atoms with Gasteiger partial charge in [-0.3, -0.25) is 15.0 Å². The lowest BCUT2D eigenvalue weighted by molar-refractivity contribution is -0.123. The van der Waals surface area contributed by atoms with Crippen LogP contribution in [0.5, 0.6) is 11.5 Å². The number of hydrogen-bond acceptors (Lipinski definition) is 6. The van der Waals surface area contributed by atoms with Gasteiger partial charge < -0.3 is 9.47 Å². The molecule has 0 spiro atoms. The van der Waals surface area contributed by atoms with Crippen LogP contribution in [-0.2, 0) is 4.79 Å². The number of thioether (sulfide) groups is 1. The van der Waals surface area contributed by atoms with Crippen LogP contribution in [0.2, 0.25) is 5.02 Å². The maximum atomic E-state index is 12.9. The minimum atomic E-state index is -0.474. The van der Waals surface area contributed by atoms with Gasteiger partial charge in [0.05, 0.1) is 18.1 Å². The summed E-state index contributed by atoms with van der Waals surface area (Å²) in [7, 11) is 0. The van der Waals surface area contributed by atoms with Gasteiger partial charge in [0.15, 0.2) is 15.8 Å². The van der Waals surface area contributed by atoms with Crippen molar-refractivity contribution >= 4 is 57.8 Å². The quantitative estimate of drug-likeness (QED) is 0.248. The van der Waals surface area contributed by atoms with Crippen molar-refractivity contribution < 1.29 is 19.1 Å². The second kappa shape index (κ2) is 12.1. The number of rotatable bonds is 10. The smallest absolute Gasteiger partial charge is 0.285 e. The fourth-order valence-electron chi connectivity index (χ4n) is 3.05. The number of ether oxygens (including phenoxy) is 2. The van der Waals surface area contributed by atoms with Crippen molar-refractivity contribution in [2.24, 2.45) is 0 Å². The summed E-state index contributed by atoms with van der Waals surface area (Å²) in [6.45, 7) is 5.16. The number of nitrogens with zero attached hydrogens (tertiary/aromatic N) is 1. The van der Waals surface area contributed by atoms with Gasteiger partial charge in [-0.1, -0.05) is 55.3 Å². The summed E-state index contributed by atoms with van der Waals surface area (Å²) < 4.78 is 11.8. The molecule has 1 aliphatic heterocycles. The van der Waals surface area contributed by atoms with Gasteiger partial charge in [-0.2, -0.15) is 5.01 Å². The first-order valence-corrected chi connectivity index (χ1v) is 12.3. The number of carbonyl (C=O) groups excluding carboxylic acids is 2. The van der Waals surface area contributed by atoms with E-state index in [1.807, 2.05) is 25.1 Å². The monoisotopic (exact) mass is 504 g/mol. The van der Waals surface area contributed by atoms with E-state index in [1.54, 1.807) is 24.3 Å². The first-order valence-electron chi connectivity index (χ1n) is 10.7. The second-order valence-corrected chi connectivity index (χ2v) is 9.28. The molecular formula is C24H25ClN2O4S2. The molecule has 1 saturated heterocycles. The Morgan fingerprint density at radius 2 is 1.97 bits per heavy atom. The van der Waals surface area contributed by atoms with Crippen LogP contribution in [0.4, 0.5) is 0 Å². The number of hydrazine groups is 1. The molecule has 9 heteroatoms. The van der Waals surface area contributed by atoms with Crippen molar-refractivity contribution in [3.63, 3.8) is 0 Å². The van der Waals surface area contributed by atoms with Gasteiger partial charge in [0.1, 0.15) is 0 Å². The highest BCUT2D eigenvalue weighted by Crippen LogP contribution is 2.34. The Bertz CT molecular complexity index is 1070. The summed E-state index contributed by atoms with van der Waals surface area (Å²) in [5.41, 5.74) is 3.65. The molecule has 0 atom stereocenters. The molecule has 0 aromatic heterocycles. The summed E-state index contributed by atoms with van der Waals surface area (Å²) in [6, 6.07) is 12.0. The molecule has 33 heavy (non-hydrogen) atoms. The van der Waals surface area contributed by atoms with Gasteiger partial charge in [0, 0.05) is 10.6 Å². The molecule has 0 radical (unpaired) electrons. The van der Waals surface area contributed by atoms with Gasteiger partial charge in [-0.15, -0.1) is 0 Å². The van der Waals surface area contributed by atoms with Crippen molar-refractivity contribution in [2.45, 2.75) is 33.1 Å². The third-order valence-electron chi connectivity index (χ3n) is 4.66. The van der Waals surface area contributed by atoms with Crippen molar-refractivity contribution in [2.75, 3.05) is 13.2 Å². The first-order chi connectivity index (χ1) is 15.9. The number of unbranched alkanes of at least 4 members (excludes halogenated alkanes) is 2. The molecule has 2 aromatic rings. The zero-order chi connectivity index (χ0) is 23.8. The van der Waals surface area contributed by atoms with Crippen LogP contribution in [0, 0.1) is 0 Å². The highest BCUT2D eigenvalue weighted by atomic mass is 35.5. The predicted octanol–water partition coefficient (Wildman–Crippen LogP) is 5.85. The summed E-state index contributed by atoms with van der Waals surface area (Å²) in [6.07, 6.45) is 4.93. The van der Waals surface area contributed by atoms with Crippen molar-refractivity contribution in [1.82, 2.24) is 10.4 Å². The largest absolute Gasteiger partial charge is 0.490 e. The number of nitrogens with one attached hydrogen (secondary N) is 1. The molecule has 1 fully saturated rings. The van der Waals surface area contributed by atoms with Crippen LogP contribution in [0.25, 0.3) is 6.08 Å². The van der Waals surface area contributed by atoms with E-state index >= 15 is 0 Å². The maximum Gasteiger partial charge on any atom is 0.285 e. The van der Waals surface area contributed by atoms with Gasteiger partial charge in [-0.05, 0) is 67.5 Å². The predicted molar refractivity (Wildman–Crippen MR) is 137 cm³/mol. The third-order valence-corrected chi connectivity index (χ3v) is 6.20. The topological polar surface area (TPSA) is 67.9 Å². The Balaban J connectivity index is 1.73. The van der Waals surface area contributed by atoms with Crippen molar-refractivity contribution in [3.8, 4) is 11.5 Å². The molecule has 174 valence electrons. The Labute approximate surface area is 208 Å². The molecule has 0 saturated carbocycles. The standard InChI is InChI=1S/C24H25ClN2O4S2/c1-3-5-6-12-31-19-11-10-16(13-20(19)30-4-2)14-21-23(29)27(24(32)33-21)26-22(28)17-8-7-9-18(25)15-17/h7-11,13-15H,3-6,12H2,1-2H3,(H,26,28)/b21-14-. The van der Waals surface area contributed by atoms with E-state index in [0.717, 1.165) is 41.6 Å². The van der Waals surface area contributed by atoms with Crippen LogP contribution in [-0.4, -0.2) is 34.4 Å². The molecule has 2 aromatic carbocycles. The Morgan fingerprint density at radius 1 is 1.15 bits per heavy atom. The summed E-state index contributed by atoms with van der Waals surface area (Å²) >= 11 is 12.4. The molecule has 1 aliphatic rings. The molecule has 3 rings (SSSR count). The summed E-state index contributed by atoms with van der Waals surface area (Å²) in [5, 5.41) is 1.50. The average Bonchev–Trinajstić information content (AvgIpc) is 3.05. The molecule has 1 N–H and O–H groups in total. The normalized spacial score (nSPS) is 14.6. The molecule has 1 heterocycles. The van der Waals surface area contributed by atoms with Gasteiger partial charge in [0.25, 0.3) is 11.8 Å². The highest BCUT2D eigenvalue weighted by molar-refractivity contribution is 8.26. The van der Waals surface area contributed by atoms with Crippen LogP contribution in [0.15, 0.2) is 47.4 Å². The third kappa shape index (κ3) is 6.72. The van der Waals surface area contributed by atoms with E-state index in [-0.39, 0.29) is 4.32 Å². The lowest BCUT2D eigenvalue weighted by Gasteiger charge is -2.15. The number of amides is 2. The summed E-state index contributed by atoms with van der Waals surface area (Å²) in [4.78, 5) is 25.8. The molecule has 0 aliphatic carbocycles. The maximum absolute atomic E-state index is 12.9. The number of hydrogen-bond donors (Lipinski definition) is 1. The van der Waals surface area contributed by atoms with Crippen molar-refractivity contribution in [3.05, 3.63) is 63.5 Å². The van der Waals surface area contributed by atoms with E-state index in [0.29, 0.717) is 40.2 Å². The van der Waals surface area contributed by atoms with Gasteiger partial charge in [-0.25, -0.2) is 0 Å². The second-order valence-electron chi connectivity index (χ2n) is 7.16. The van der Waals surface area contributed by atoms with E-state index in [1.165, 1.54) is 6.07 Å². The fraction of sp³-hybridized carbons (Fsp3) is 0.292. The number of carbonyl (C=O) groups is 2. The first kappa shape index (κ1) is 25.1. The number of benzene rings is 2. The van der Waals surface area contributed by atoms with E-state index < -0.39 is 11.8 Å². The minimum absolute atomic E-state index is 0.238. The minimum Gasteiger partial charge on any atom is -0.490 e. The zero-order valence-electron chi connectivity index (χ0n) is 18.4. The fourth-order valence-corrected chi connectivity index (χ4v) is 4.42. The Kier molecular flexibility index (Phi) is 9.17.